The average molecular weight is 779 g/mol. The van der Waals surface area contributed by atoms with Crippen LogP contribution in [0.3, 0.4) is 0 Å². The molecule has 0 aliphatic rings. The van der Waals surface area contributed by atoms with Gasteiger partial charge in [0, 0.05) is 50.2 Å². The third-order valence-corrected chi connectivity index (χ3v) is 12.1. The highest BCUT2D eigenvalue weighted by Crippen LogP contribution is 2.48. The molecule has 0 fully saturated rings. The van der Waals surface area contributed by atoms with Crippen LogP contribution >= 0.6 is 0 Å². The molecule has 2 heterocycles. The van der Waals surface area contributed by atoms with Crippen molar-refractivity contribution in [1.82, 2.24) is 4.57 Å². The first-order valence-electron chi connectivity index (χ1n) is 20.8. The molecule has 0 aliphatic carbocycles. The largest absolute Gasteiger partial charge is 0.456 e. The number of furan rings is 1. The second kappa shape index (κ2) is 14.3. The fourth-order valence-corrected chi connectivity index (χ4v) is 9.41. The number of hydrogen-bond donors (Lipinski definition) is 0. The molecule has 0 amide bonds. The Kier molecular flexibility index (Phi) is 8.17. The quantitative estimate of drug-likeness (QED) is 0.161. The van der Waals surface area contributed by atoms with Gasteiger partial charge in [0.05, 0.1) is 16.7 Å². The summed E-state index contributed by atoms with van der Waals surface area (Å²) < 4.78 is 9.44. The lowest BCUT2D eigenvalue weighted by atomic mass is 9.94. The molecule has 0 spiro atoms. The van der Waals surface area contributed by atoms with Crippen molar-refractivity contribution in [3.05, 3.63) is 231 Å². The topological polar surface area (TPSA) is 21.3 Å². The molecule has 0 saturated heterocycles. The molecule has 0 unspecified atom stereocenters. The molecule has 3 heteroatoms. The van der Waals surface area contributed by atoms with Crippen molar-refractivity contribution in [2.45, 2.75) is 0 Å². The summed E-state index contributed by atoms with van der Waals surface area (Å²) in [4.78, 5) is 2.38. The van der Waals surface area contributed by atoms with Crippen LogP contribution in [0.15, 0.2) is 235 Å². The first-order chi connectivity index (χ1) is 30.3. The van der Waals surface area contributed by atoms with Gasteiger partial charge in [-0.3, -0.25) is 0 Å². The Hall–Kier alpha value is -8.14. The summed E-state index contributed by atoms with van der Waals surface area (Å²) in [6.45, 7) is 0. The molecule has 12 aromatic rings. The SMILES string of the molecule is c1ccc(-c2ccc(N(c3cccc(-c4ccccc4)c3)c3cc(-c4cccc5c6ccccc6n(-c6ccccc6)c45)c4c(c3)oc3ccc5ccccc5c34)cc2)cc1. The van der Waals surface area contributed by atoms with Gasteiger partial charge in [0.25, 0.3) is 0 Å². The zero-order valence-corrected chi connectivity index (χ0v) is 33.2. The number of hydrogen-bond acceptors (Lipinski definition) is 2. The summed E-state index contributed by atoms with van der Waals surface area (Å²) in [5.74, 6) is 0. The van der Waals surface area contributed by atoms with E-state index in [0.717, 1.165) is 66.9 Å². The minimum absolute atomic E-state index is 0.836. The minimum atomic E-state index is 0.836. The van der Waals surface area contributed by atoms with Crippen LogP contribution in [-0.4, -0.2) is 4.57 Å². The predicted octanol–water partition coefficient (Wildman–Crippen LogP) is 16.3. The van der Waals surface area contributed by atoms with E-state index in [9.17, 15) is 0 Å². The lowest BCUT2D eigenvalue weighted by molar-refractivity contribution is 0.669. The van der Waals surface area contributed by atoms with E-state index in [1.54, 1.807) is 0 Å². The van der Waals surface area contributed by atoms with Gasteiger partial charge in [-0.2, -0.15) is 0 Å². The fraction of sp³-hybridized carbons (Fsp3) is 0. The Bertz CT molecular complexity index is 3570. The second-order valence-electron chi connectivity index (χ2n) is 15.7. The monoisotopic (exact) mass is 778 g/mol. The zero-order chi connectivity index (χ0) is 40.3. The number of nitrogens with zero attached hydrogens (tertiary/aromatic N) is 2. The van der Waals surface area contributed by atoms with Crippen molar-refractivity contribution in [3.8, 4) is 39.1 Å². The van der Waals surface area contributed by atoms with E-state index in [1.807, 2.05) is 0 Å². The van der Waals surface area contributed by atoms with E-state index in [0.29, 0.717) is 0 Å². The summed E-state index contributed by atoms with van der Waals surface area (Å²) >= 11 is 0. The standard InChI is InChI=1S/C58H38N2O/c1-4-16-39(17-5-1)41-30-33-45(34-31-41)59(46-24-14-21-43(36-46)40-18-6-2-7-19-40)47-37-52(57-55(38-47)61-54-35-32-42-20-10-11-25-48(42)56(54)57)51-28-15-27-50-49-26-12-13-29-53(49)60(58(50)51)44-22-8-3-9-23-44/h1-38H. The van der Waals surface area contributed by atoms with Crippen molar-refractivity contribution in [2.24, 2.45) is 0 Å². The van der Waals surface area contributed by atoms with Gasteiger partial charge in [-0.05, 0) is 93.2 Å². The average Bonchev–Trinajstić information content (AvgIpc) is 3.89. The minimum Gasteiger partial charge on any atom is -0.456 e. The van der Waals surface area contributed by atoms with Crippen molar-refractivity contribution in [3.63, 3.8) is 0 Å². The summed E-state index contributed by atoms with van der Waals surface area (Å²) in [6.07, 6.45) is 0. The normalized spacial score (nSPS) is 11.6. The highest BCUT2D eigenvalue weighted by atomic mass is 16.3. The number of aromatic nitrogens is 1. The fourth-order valence-electron chi connectivity index (χ4n) is 9.41. The Labute approximate surface area is 353 Å². The molecular weight excluding hydrogens is 741 g/mol. The van der Waals surface area contributed by atoms with Gasteiger partial charge in [0.1, 0.15) is 11.2 Å². The molecule has 61 heavy (non-hydrogen) atoms. The van der Waals surface area contributed by atoms with Crippen LogP contribution in [0.25, 0.3) is 93.6 Å². The number of para-hydroxylation sites is 3. The molecule has 0 bridgehead atoms. The van der Waals surface area contributed by atoms with E-state index in [2.05, 4.69) is 240 Å². The molecular formula is C58H38N2O. The number of rotatable bonds is 7. The third kappa shape index (κ3) is 5.82. The highest BCUT2D eigenvalue weighted by molar-refractivity contribution is 6.25. The van der Waals surface area contributed by atoms with Gasteiger partial charge in [0.15, 0.2) is 0 Å². The summed E-state index contributed by atoms with van der Waals surface area (Å²) in [7, 11) is 0. The Morgan fingerprint density at radius 2 is 0.967 bits per heavy atom. The molecule has 286 valence electrons. The number of anilines is 3. The molecule has 0 saturated carbocycles. The first kappa shape index (κ1) is 34.9. The summed E-state index contributed by atoms with van der Waals surface area (Å²) in [5, 5.41) is 7.01. The maximum atomic E-state index is 7.01. The predicted molar refractivity (Wildman–Crippen MR) is 257 cm³/mol. The van der Waals surface area contributed by atoms with Crippen molar-refractivity contribution in [1.29, 1.82) is 0 Å². The second-order valence-corrected chi connectivity index (χ2v) is 15.7. The maximum Gasteiger partial charge on any atom is 0.138 e. The van der Waals surface area contributed by atoms with Crippen LogP contribution in [-0.2, 0) is 0 Å². The highest BCUT2D eigenvalue weighted by Gasteiger charge is 2.24. The van der Waals surface area contributed by atoms with Crippen molar-refractivity contribution in [2.75, 3.05) is 4.90 Å². The van der Waals surface area contributed by atoms with E-state index >= 15 is 0 Å². The lowest BCUT2D eigenvalue weighted by Crippen LogP contribution is -2.10. The van der Waals surface area contributed by atoms with Crippen LogP contribution in [0, 0.1) is 0 Å². The molecule has 0 N–H and O–H groups in total. The molecule has 3 nitrogen and oxygen atoms in total. The molecule has 0 aliphatic heterocycles. The maximum absolute atomic E-state index is 7.01. The number of fused-ring (bicyclic) bond motifs is 8. The lowest BCUT2D eigenvalue weighted by Gasteiger charge is -2.27. The molecule has 0 radical (unpaired) electrons. The molecule has 12 rings (SSSR count). The van der Waals surface area contributed by atoms with Crippen LogP contribution in [0.4, 0.5) is 17.1 Å². The van der Waals surface area contributed by atoms with E-state index < -0.39 is 0 Å². The Morgan fingerprint density at radius 1 is 0.344 bits per heavy atom. The summed E-state index contributed by atoms with van der Waals surface area (Å²) in [6, 6.07) is 82.8. The third-order valence-electron chi connectivity index (χ3n) is 12.1. The first-order valence-corrected chi connectivity index (χ1v) is 20.8. The van der Waals surface area contributed by atoms with Crippen LogP contribution in [0.5, 0.6) is 0 Å². The van der Waals surface area contributed by atoms with E-state index in [4.69, 9.17) is 4.42 Å². The smallest absolute Gasteiger partial charge is 0.138 e. The van der Waals surface area contributed by atoms with E-state index in [1.165, 1.54) is 43.8 Å². The summed E-state index contributed by atoms with van der Waals surface area (Å²) in [5.41, 5.74) is 15.2. The van der Waals surface area contributed by atoms with E-state index in [-0.39, 0.29) is 0 Å². The van der Waals surface area contributed by atoms with Crippen LogP contribution < -0.4 is 4.90 Å². The van der Waals surface area contributed by atoms with Gasteiger partial charge < -0.3 is 13.9 Å². The molecule has 10 aromatic carbocycles. The van der Waals surface area contributed by atoms with Gasteiger partial charge >= 0.3 is 0 Å². The zero-order valence-electron chi connectivity index (χ0n) is 33.2. The molecule has 0 atom stereocenters. The van der Waals surface area contributed by atoms with Crippen LogP contribution in [0.1, 0.15) is 0 Å². The van der Waals surface area contributed by atoms with Gasteiger partial charge in [0.2, 0.25) is 0 Å². The molecule has 2 aromatic heterocycles. The Morgan fingerprint density at radius 3 is 1.75 bits per heavy atom. The van der Waals surface area contributed by atoms with Gasteiger partial charge in [-0.15, -0.1) is 0 Å². The van der Waals surface area contributed by atoms with Gasteiger partial charge in [-0.1, -0.05) is 170 Å². The number of benzene rings is 10. The van der Waals surface area contributed by atoms with Crippen molar-refractivity contribution < 1.29 is 4.42 Å². The Balaban J connectivity index is 1.18. The van der Waals surface area contributed by atoms with Crippen LogP contribution in [0.2, 0.25) is 0 Å². The van der Waals surface area contributed by atoms with Gasteiger partial charge in [-0.25, -0.2) is 0 Å². The van der Waals surface area contributed by atoms with Crippen molar-refractivity contribution >= 4 is 71.6 Å².